The zero-order valence-electron chi connectivity index (χ0n) is 11.9. The van der Waals surface area contributed by atoms with Crippen molar-refractivity contribution in [2.75, 3.05) is 18.4 Å². The third-order valence-corrected chi connectivity index (χ3v) is 5.61. The molecule has 114 valence electrons. The molecule has 1 atom stereocenters. The van der Waals surface area contributed by atoms with Gasteiger partial charge < -0.3 is 9.64 Å². The summed E-state index contributed by atoms with van der Waals surface area (Å²) in [6, 6.07) is 6.97. The number of nitrogens with zero attached hydrogens (tertiary/aromatic N) is 2. The first-order valence-corrected chi connectivity index (χ1v) is 9.32. The van der Waals surface area contributed by atoms with Gasteiger partial charge in [-0.2, -0.15) is 8.42 Å². The van der Waals surface area contributed by atoms with Crippen LogP contribution in [-0.2, 0) is 14.8 Å². The molecule has 1 fully saturated rings. The molecule has 21 heavy (non-hydrogen) atoms. The van der Waals surface area contributed by atoms with Gasteiger partial charge in [-0.15, -0.1) is 4.40 Å². The van der Waals surface area contributed by atoms with Crippen molar-refractivity contribution in [2.24, 2.45) is 4.40 Å². The first-order valence-electron chi connectivity index (χ1n) is 6.75. The fraction of sp³-hybridized carbons (Fsp3) is 0.500. The van der Waals surface area contributed by atoms with Crippen LogP contribution < -0.4 is 0 Å². The van der Waals surface area contributed by atoms with Gasteiger partial charge in [-0.25, -0.2) is 0 Å². The van der Waals surface area contributed by atoms with Crippen LogP contribution in [0.25, 0.3) is 0 Å². The van der Waals surface area contributed by atoms with Crippen molar-refractivity contribution >= 4 is 31.8 Å². The molecule has 0 amide bonds. The Morgan fingerprint density at radius 2 is 2.14 bits per heavy atom. The lowest BCUT2D eigenvalue weighted by Crippen LogP contribution is -2.55. The number of alkyl halides is 1. The summed E-state index contributed by atoms with van der Waals surface area (Å²) in [5.74, 6) is 0.535. The number of sulfonamides is 1. The molecule has 2 aliphatic rings. The lowest BCUT2D eigenvalue weighted by Gasteiger charge is -2.43. The zero-order valence-corrected chi connectivity index (χ0v) is 14.3. The maximum atomic E-state index is 12.2. The van der Waals surface area contributed by atoms with E-state index < -0.39 is 10.0 Å². The highest BCUT2D eigenvalue weighted by Gasteiger charge is 2.38. The van der Waals surface area contributed by atoms with Crippen molar-refractivity contribution in [3.8, 4) is 0 Å². The fourth-order valence-corrected chi connectivity index (χ4v) is 4.42. The molecule has 3 rings (SSSR count). The largest absolute Gasteiger partial charge is 0.368 e. The van der Waals surface area contributed by atoms with Gasteiger partial charge in [0.25, 0.3) is 10.0 Å². The Balaban J connectivity index is 2.01. The van der Waals surface area contributed by atoms with Gasteiger partial charge in [0, 0.05) is 24.0 Å². The second kappa shape index (κ2) is 5.07. The molecule has 1 aromatic carbocycles. The van der Waals surface area contributed by atoms with E-state index in [1.165, 1.54) is 0 Å². The first kappa shape index (κ1) is 15.0. The lowest BCUT2D eigenvalue weighted by molar-refractivity contribution is -0.110. The molecule has 1 saturated heterocycles. The van der Waals surface area contributed by atoms with Gasteiger partial charge in [0.05, 0.1) is 11.7 Å². The molecular formula is C14H17BrN2O3S. The van der Waals surface area contributed by atoms with Crippen LogP contribution in [0.3, 0.4) is 0 Å². The summed E-state index contributed by atoms with van der Waals surface area (Å²) in [6.07, 6.45) is 0.00640. The Morgan fingerprint density at radius 3 is 2.86 bits per heavy atom. The van der Waals surface area contributed by atoms with Crippen LogP contribution in [0.5, 0.6) is 0 Å². The molecule has 1 aromatic rings. The van der Waals surface area contributed by atoms with Crippen molar-refractivity contribution in [1.82, 2.24) is 4.90 Å². The number of morpholine rings is 1. The Kier molecular flexibility index (Phi) is 3.62. The smallest absolute Gasteiger partial charge is 0.285 e. The van der Waals surface area contributed by atoms with E-state index in [1.54, 1.807) is 12.1 Å². The zero-order chi connectivity index (χ0) is 15.3. The van der Waals surface area contributed by atoms with E-state index in [0.717, 1.165) is 0 Å². The summed E-state index contributed by atoms with van der Waals surface area (Å²) in [5, 5.41) is 0.703. The van der Waals surface area contributed by atoms with E-state index in [9.17, 15) is 8.42 Å². The van der Waals surface area contributed by atoms with Gasteiger partial charge in [-0.1, -0.05) is 28.1 Å². The van der Waals surface area contributed by atoms with Gasteiger partial charge in [0.15, 0.2) is 5.84 Å². The van der Waals surface area contributed by atoms with E-state index in [2.05, 4.69) is 20.3 Å². The number of amidine groups is 1. The van der Waals surface area contributed by atoms with Crippen molar-refractivity contribution in [3.63, 3.8) is 0 Å². The van der Waals surface area contributed by atoms with E-state index in [1.807, 2.05) is 30.9 Å². The number of fused-ring (bicyclic) bond motifs is 1. The summed E-state index contributed by atoms with van der Waals surface area (Å²) >= 11 is 3.44. The topological polar surface area (TPSA) is 59.0 Å². The third-order valence-electron chi connectivity index (χ3n) is 3.57. The summed E-state index contributed by atoms with van der Waals surface area (Å²) in [6.45, 7) is 5.24. The monoisotopic (exact) mass is 372 g/mol. The van der Waals surface area contributed by atoms with Gasteiger partial charge in [-0.05, 0) is 26.0 Å². The molecule has 0 N–H and O–H groups in total. The Hall–Kier alpha value is -0.920. The van der Waals surface area contributed by atoms with Crippen LogP contribution in [0.15, 0.2) is 33.6 Å². The maximum Gasteiger partial charge on any atom is 0.285 e. The standard InChI is InChI=1S/C14H17BrN2O3S/c1-14(2)9-17(8-10(7-15)20-14)13-11-5-3-4-6-12(11)21(18,19)16-13/h3-6,10H,7-9H2,1-2H3. The van der Waals surface area contributed by atoms with E-state index in [4.69, 9.17) is 4.74 Å². The average molecular weight is 373 g/mol. The number of ether oxygens (including phenoxy) is 1. The molecule has 0 bridgehead atoms. The average Bonchev–Trinajstić information content (AvgIpc) is 2.70. The summed E-state index contributed by atoms with van der Waals surface area (Å²) in [7, 11) is -3.57. The number of hydrogen-bond donors (Lipinski definition) is 0. The SMILES string of the molecule is CC1(C)CN(C2=NS(=O)(=O)c3ccccc32)CC(CBr)O1. The second-order valence-corrected chi connectivity index (χ2v) is 8.14. The Morgan fingerprint density at radius 1 is 1.43 bits per heavy atom. The first-order chi connectivity index (χ1) is 9.82. The molecule has 0 aromatic heterocycles. The van der Waals surface area contributed by atoms with Gasteiger partial charge in [-0.3, -0.25) is 0 Å². The van der Waals surface area contributed by atoms with Gasteiger partial charge in [0.1, 0.15) is 4.90 Å². The van der Waals surface area contributed by atoms with Crippen LogP contribution in [0.2, 0.25) is 0 Å². The number of halogens is 1. The van der Waals surface area contributed by atoms with Crippen LogP contribution in [0.4, 0.5) is 0 Å². The molecule has 2 aliphatic heterocycles. The van der Waals surface area contributed by atoms with Gasteiger partial charge in [0.2, 0.25) is 0 Å². The minimum Gasteiger partial charge on any atom is -0.368 e. The Labute approximate surface area is 133 Å². The fourth-order valence-electron chi connectivity index (χ4n) is 2.85. The normalized spacial score (nSPS) is 26.3. The molecule has 0 radical (unpaired) electrons. The molecule has 1 unspecified atom stereocenters. The molecule has 7 heteroatoms. The lowest BCUT2D eigenvalue weighted by atomic mass is 10.0. The van der Waals surface area contributed by atoms with Crippen molar-refractivity contribution in [1.29, 1.82) is 0 Å². The number of benzene rings is 1. The predicted molar refractivity (Wildman–Crippen MR) is 84.5 cm³/mol. The highest BCUT2D eigenvalue weighted by atomic mass is 79.9. The third kappa shape index (κ3) is 2.74. The minimum absolute atomic E-state index is 0.00640. The highest BCUT2D eigenvalue weighted by Crippen LogP contribution is 2.31. The van der Waals surface area contributed by atoms with Gasteiger partial charge >= 0.3 is 0 Å². The molecule has 0 spiro atoms. The van der Waals surface area contributed by atoms with Crippen LogP contribution >= 0.6 is 15.9 Å². The quantitative estimate of drug-likeness (QED) is 0.707. The maximum absolute atomic E-state index is 12.2. The predicted octanol–water partition coefficient (Wildman–Crippen LogP) is 2.01. The molecule has 0 aliphatic carbocycles. The summed E-state index contributed by atoms with van der Waals surface area (Å²) in [5.41, 5.74) is 0.337. The Bertz CT molecular complexity index is 700. The van der Waals surface area contributed by atoms with Crippen LogP contribution in [-0.4, -0.2) is 49.3 Å². The molecular weight excluding hydrogens is 356 g/mol. The van der Waals surface area contributed by atoms with Crippen LogP contribution in [0.1, 0.15) is 19.4 Å². The molecule has 5 nitrogen and oxygen atoms in total. The summed E-state index contributed by atoms with van der Waals surface area (Å²) < 4.78 is 34.3. The summed E-state index contributed by atoms with van der Waals surface area (Å²) in [4.78, 5) is 2.30. The molecule has 2 heterocycles. The van der Waals surface area contributed by atoms with Crippen LogP contribution in [0, 0.1) is 0 Å². The second-order valence-electron chi connectivity index (χ2n) is 5.92. The molecule has 0 saturated carbocycles. The van der Waals surface area contributed by atoms with Crippen molar-refractivity contribution < 1.29 is 13.2 Å². The van der Waals surface area contributed by atoms with E-state index in [0.29, 0.717) is 34.7 Å². The van der Waals surface area contributed by atoms with E-state index in [-0.39, 0.29) is 11.7 Å². The number of rotatable bonds is 1. The highest BCUT2D eigenvalue weighted by molar-refractivity contribution is 9.09. The minimum atomic E-state index is -3.57. The van der Waals surface area contributed by atoms with Crippen molar-refractivity contribution in [2.45, 2.75) is 30.4 Å². The van der Waals surface area contributed by atoms with Crippen molar-refractivity contribution in [3.05, 3.63) is 29.8 Å². The number of hydrogen-bond acceptors (Lipinski definition) is 4. The van der Waals surface area contributed by atoms with E-state index >= 15 is 0 Å².